The first-order valence-corrected chi connectivity index (χ1v) is 9.39. The number of anilines is 1. The van der Waals surface area contributed by atoms with Crippen molar-refractivity contribution in [2.75, 3.05) is 11.9 Å². The van der Waals surface area contributed by atoms with Crippen LogP contribution in [0.25, 0.3) is 0 Å². The van der Waals surface area contributed by atoms with Crippen molar-refractivity contribution in [3.8, 4) is 0 Å². The number of nitrogens with one attached hydrogen (secondary N) is 2. The van der Waals surface area contributed by atoms with Gasteiger partial charge in [0.1, 0.15) is 11.2 Å². The maximum Gasteiger partial charge on any atom is 0.240 e. The molecule has 1 fully saturated rings. The van der Waals surface area contributed by atoms with Crippen LogP contribution >= 0.6 is 0 Å². The van der Waals surface area contributed by atoms with Gasteiger partial charge in [-0.3, -0.25) is 9.59 Å². The lowest BCUT2D eigenvalue weighted by molar-refractivity contribution is -0.134. The van der Waals surface area contributed by atoms with E-state index in [4.69, 9.17) is 0 Å². The Hall–Kier alpha value is -2.69. The van der Waals surface area contributed by atoms with Gasteiger partial charge in [0, 0.05) is 12.2 Å². The fourth-order valence-corrected chi connectivity index (χ4v) is 3.26. The summed E-state index contributed by atoms with van der Waals surface area (Å²) in [6.45, 7) is 4.42. The second kappa shape index (κ2) is 7.91. The van der Waals surface area contributed by atoms with Gasteiger partial charge >= 0.3 is 0 Å². The number of carbonyl (C=O) groups is 2. The first-order valence-electron chi connectivity index (χ1n) is 9.39. The Labute approximate surface area is 159 Å². The van der Waals surface area contributed by atoms with Gasteiger partial charge in [-0.2, -0.15) is 0 Å². The second-order valence-electron chi connectivity index (χ2n) is 7.13. The smallest absolute Gasteiger partial charge is 0.240 e. The molecule has 0 aromatic heterocycles. The van der Waals surface area contributed by atoms with Crippen LogP contribution < -0.4 is 10.6 Å². The predicted octanol–water partition coefficient (Wildman–Crippen LogP) is 3.77. The highest BCUT2D eigenvalue weighted by atomic mass is 19.1. The Balaban J connectivity index is 1.60. The molecule has 0 aliphatic heterocycles. The van der Waals surface area contributed by atoms with Crippen molar-refractivity contribution in [2.24, 2.45) is 5.41 Å². The maximum absolute atomic E-state index is 12.9. The zero-order valence-corrected chi connectivity index (χ0v) is 15.8. The standard InChI is InChI=1S/C22H25FN2O2/c1-3-17-6-4-5-15(2)19(17)25-21(27)22(12-13-22)20(26)24-14-11-16-7-9-18(23)10-8-16/h4-10H,3,11-14H2,1-2H3,(H,24,26)(H,25,27). The molecule has 0 bridgehead atoms. The van der Waals surface area contributed by atoms with E-state index >= 15 is 0 Å². The Bertz CT molecular complexity index is 842. The van der Waals surface area contributed by atoms with E-state index < -0.39 is 5.41 Å². The third-order valence-corrected chi connectivity index (χ3v) is 5.21. The molecule has 2 N–H and O–H groups in total. The highest BCUT2D eigenvalue weighted by molar-refractivity contribution is 6.13. The fraction of sp³-hybridized carbons (Fsp3) is 0.364. The van der Waals surface area contributed by atoms with E-state index in [0.29, 0.717) is 25.8 Å². The third kappa shape index (κ3) is 4.18. The van der Waals surface area contributed by atoms with E-state index in [2.05, 4.69) is 10.6 Å². The van der Waals surface area contributed by atoms with Crippen LogP contribution in [0.4, 0.5) is 10.1 Å². The van der Waals surface area contributed by atoms with Gasteiger partial charge < -0.3 is 10.6 Å². The van der Waals surface area contributed by atoms with Gasteiger partial charge in [0.05, 0.1) is 0 Å². The molecule has 0 heterocycles. The van der Waals surface area contributed by atoms with Crippen molar-refractivity contribution in [3.63, 3.8) is 0 Å². The van der Waals surface area contributed by atoms with Gasteiger partial charge in [-0.25, -0.2) is 4.39 Å². The number of aryl methyl sites for hydroxylation is 2. The van der Waals surface area contributed by atoms with E-state index in [0.717, 1.165) is 28.8 Å². The predicted molar refractivity (Wildman–Crippen MR) is 104 cm³/mol. The molecule has 0 atom stereocenters. The third-order valence-electron chi connectivity index (χ3n) is 5.21. The highest BCUT2D eigenvalue weighted by Gasteiger charge is 2.56. The number of rotatable bonds is 7. The van der Waals surface area contributed by atoms with Crippen molar-refractivity contribution in [3.05, 3.63) is 65.0 Å². The Morgan fingerprint density at radius 1 is 1.07 bits per heavy atom. The van der Waals surface area contributed by atoms with Crippen LogP contribution in [0, 0.1) is 18.2 Å². The first kappa shape index (κ1) is 19.1. The summed E-state index contributed by atoms with van der Waals surface area (Å²) in [7, 11) is 0. The number of benzene rings is 2. The van der Waals surface area contributed by atoms with Crippen LogP contribution in [0.15, 0.2) is 42.5 Å². The van der Waals surface area contributed by atoms with Crippen molar-refractivity contribution in [2.45, 2.75) is 39.5 Å². The van der Waals surface area contributed by atoms with Crippen molar-refractivity contribution in [1.29, 1.82) is 0 Å². The molecule has 5 heteroatoms. The van der Waals surface area contributed by atoms with Gasteiger partial charge in [0.25, 0.3) is 0 Å². The van der Waals surface area contributed by atoms with Gasteiger partial charge in [-0.15, -0.1) is 0 Å². The van der Waals surface area contributed by atoms with Crippen LogP contribution in [0.3, 0.4) is 0 Å². The summed E-state index contributed by atoms with van der Waals surface area (Å²) in [5.74, 6) is -0.737. The average Bonchev–Trinajstić information content (AvgIpc) is 3.47. The fourth-order valence-electron chi connectivity index (χ4n) is 3.26. The number of hydrogen-bond donors (Lipinski definition) is 2. The van der Waals surface area contributed by atoms with E-state index in [-0.39, 0.29) is 17.6 Å². The summed E-state index contributed by atoms with van der Waals surface area (Å²) in [4.78, 5) is 25.4. The Kier molecular flexibility index (Phi) is 5.59. The zero-order valence-electron chi connectivity index (χ0n) is 15.8. The van der Waals surface area contributed by atoms with Gasteiger partial charge in [-0.1, -0.05) is 37.3 Å². The number of amides is 2. The lowest BCUT2D eigenvalue weighted by Crippen LogP contribution is -2.40. The van der Waals surface area contributed by atoms with Crippen LogP contribution in [0.2, 0.25) is 0 Å². The molecule has 1 aliphatic rings. The summed E-state index contributed by atoms with van der Waals surface area (Å²) < 4.78 is 12.9. The minimum atomic E-state index is -0.962. The summed E-state index contributed by atoms with van der Waals surface area (Å²) in [5.41, 5.74) is 2.86. The molecular weight excluding hydrogens is 343 g/mol. The average molecular weight is 368 g/mol. The number of para-hydroxylation sites is 1. The molecule has 2 amide bonds. The SMILES string of the molecule is CCc1cccc(C)c1NC(=O)C1(C(=O)NCCc2ccc(F)cc2)CC1. The molecule has 0 unspecified atom stereocenters. The van der Waals surface area contributed by atoms with Gasteiger partial charge in [0.2, 0.25) is 11.8 Å². The summed E-state index contributed by atoms with van der Waals surface area (Å²) >= 11 is 0. The van der Waals surface area contributed by atoms with Crippen LogP contribution in [-0.2, 0) is 22.4 Å². The molecule has 1 aliphatic carbocycles. The van der Waals surface area contributed by atoms with Gasteiger partial charge in [-0.05, 0) is 61.4 Å². The van der Waals surface area contributed by atoms with E-state index in [9.17, 15) is 14.0 Å². The topological polar surface area (TPSA) is 58.2 Å². The maximum atomic E-state index is 12.9. The van der Waals surface area contributed by atoms with Crippen molar-refractivity contribution >= 4 is 17.5 Å². The minimum Gasteiger partial charge on any atom is -0.355 e. The monoisotopic (exact) mass is 368 g/mol. The Morgan fingerprint density at radius 2 is 1.78 bits per heavy atom. The highest BCUT2D eigenvalue weighted by Crippen LogP contribution is 2.47. The largest absolute Gasteiger partial charge is 0.355 e. The summed E-state index contributed by atoms with van der Waals surface area (Å²) in [6, 6.07) is 12.1. The molecule has 2 aromatic rings. The summed E-state index contributed by atoms with van der Waals surface area (Å²) in [5, 5.41) is 5.85. The van der Waals surface area contributed by atoms with Crippen LogP contribution in [0.5, 0.6) is 0 Å². The van der Waals surface area contributed by atoms with E-state index in [1.54, 1.807) is 12.1 Å². The molecule has 27 heavy (non-hydrogen) atoms. The van der Waals surface area contributed by atoms with E-state index in [1.165, 1.54) is 12.1 Å². The molecule has 2 aromatic carbocycles. The van der Waals surface area contributed by atoms with Gasteiger partial charge in [0.15, 0.2) is 0 Å². The minimum absolute atomic E-state index is 0.228. The molecular formula is C22H25FN2O2. The molecule has 0 radical (unpaired) electrons. The molecule has 3 rings (SSSR count). The molecule has 1 saturated carbocycles. The quantitative estimate of drug-likeness (QED) is 0.731. The summed E-state index contributed by atoms with van der Waals surface area (Å²) in [6.07, 6.45) is 2.54. The lowest BCUT2D eigenvalue weighted by atomic mass is 10.0. The molecule has 0 spiro atoms. The van der Waals surface area contributed by atoms with Crippen LogP contribution in [-0.4, -0.2) is 18.4 Å². The van der Waals surface area contributed by atoms with Crippen molar-refractivity contribution in [1.82, 2.24) is 5.32 Å². The number of hydrogen-bond acceptors (Lipinski definition) is 2. The second-order valence-corrected chi connectivity index (χ2v) is 7.13. The van der Waals surface area contributed by atoms with Crippen LogP contribution in [0.1, 0.15) is 36.5 Å². The normalized spacial score (nSPS) is 14.5. The lowest BCUT2D eigenvalue weighted by Gasteiger charge is -2.18. The molecule has 142 valence electrons. The Morgan fingerprint density at radius 3 is 2.41 bits per heavy atom. The molecule has 4 nitrogen and oxygen atoms in total. The number of carbonyl (C=O) groups excluding carboxylic acids is 2. The number of halogens is 1. The zero-order chi connectivity index (χ0) is 19.4. The van der Waals surface area contributed by atoms with Crippen molar-refractivity contribution < 1.29 is 14.0 Å². The molecule has 0 saturated heterocycles. The van der Waals surface area contributed by atoms with E-state index in [1.807, 2.05) is 32.0 Å². The first-order chi connectivity index (χ1) is 13.0.